The number of nitrogens with zero attached hydrogens (tertiary/aromatic N) is 1. The van der Waals surface area contributed by atoms with Gasteiger partial charge in [-0.15, -0.1) is 11.3 Å². The average Bonchev–Trinajstić information content (AvgIpc) is 3.02. The lowest BCUT2D eigenvalue weighted by atomic mass is 9.88. The maximum absolute atomic E-state index is 5.17. The molecule has 1 aromatic heterocycles. The Morgan fingerprint density at radius 3 is 2.70 bits per heavy atom. The van der Waals surface area contributed by atoms with Crippen molar-refractivity contribution in [3.05, 3.63) is 52.5 Å². The van der Waals surface area contributed by atoms with Gasteiger partial charge in [0.2, 0.25) is 0 Å². The van der Waals surface area contributed by atoms with E-state index in [1.807, 2.05) is 11.6 Å². The molecule has 20 heavy (non-hydrogen) atoms. The van der Waals surface area contributed by atoms with Crippen LogP contribution < -0.4 is 5.32 Å². The molecule has 1 atom stereocenters. The fourth-order valence-electron chi connectivity index (χ4n) is 2.41. The van der Waals surface area contributed by atoms with Crippen LogP contribution >= 0.6 is 11.3 Å². The normalized spacial score (nSPS) is 14.1. The number of aromatic nitrogens is 1. The van der Waals surface area contributed by atoms with E-state index in [0.29, 0.717) is 6.61 Å². The third-order valence-electron chi connectivity index (χ3n) is 3.56. The third-order valence-corrected chi connectivity index (χ3v) is 4.54. The highest BCUT2D eigenvalue weighted by molar-refractivity contribution is 7.09. The third kappa shape index (κ3) is 3.66. The van der Waals surface area contributed by atoms with E-state index in [0.717, 1.165) is 24.4 Å². The van der Waals surface area contributed by atoms with Crippen LogP contribution in [0.1, 0.15) is 23.9 Å². The van der Waals surface area contributed by atoms with Crippen LogP contribution in [0.2, 0.25) is 0 Å². The van der Waals surface area contributed by atoms with Crippen LogP contribution in [0, 0.1) is 0 Å². The summed E-state index contributed by atoms with van der Waals surface area (Å²) in [4.78, 5) is 4.55. The molecule has 4 heteroatoms. The van der Waals surface area contributed by atoms with Gasteiger partial charge in [0, 0.05) is 25.2 Å². The predicted molar refractivity (Wildman–Crippen MR) is 84.1 cm³/mol. The second kappa shape index (κ2) is 7.53. The Balaban J connectivity index is 2.22. The minimum absolute atomic E-state index is 0.103. The molecule has 0 saturated heterocycles. The van der Waals surface area contributed by atoms with Crippen molar-refractivity contribution in [2.45, 2.75) is 25.3 Å². The Kier molecular flexibility index (Phi) is 5.71. The largest absolute Gasteiger partial charge is 0.383 e. The number of thiazole rings is 1. The summed E-state index contributed by atoms with van der Waals surface area (Å²) in [6.07, 6.45) is 3.83. The number of ether oxygens (including phenoxy) is 1. The lowest BCUT2D eigenvalue weighted by Crippen LogP contribution is -2.45. The summed E-state index contributed by atoms with van der Waals surface area (Å²) in [5.41, 5.74) is 1.23. The molecule has 0 aliphatic heterocycles. The molecule has 3 nitrogen and oxygen atoms in total. The smallest absolute Gasteiger partial charge is 0.113 e. The van der Waals surface area contributed by atoms with Crippen LogP contribution in [0.5, 0.6) is 0 Å². The molecular formula is C16H22N2OS. The van der Waals surface area contributed by atoms with E-state index in [1.165, 1.54) is 5.56 Å². The number of methoxy groups -OCH3 is 1. The summed E-state index contributed by atoms with van der Waals surface area (Å²) in [6, 6.07) is 10.6. The van der Waals surface area contributed by atoms with Gasteiger partial charge in [0.1, 0.15) is 5.01 Å². The van der Waals surface area contributed by atoms with Gasteiger partial charge in [0.05, 0.1) is 12.1 Å². The number of nitrogens with one attached hydrogen (secondary N) is 1. The lowest BCUT2D eigenvalue weighted by molar-refractivity contribution is 0.181. The summed E-state index contributed by atoms with van der Waals surface area (Å²) in [7, 11) is 1.73. The van der Waals surface area contributed by atoms with E-state index < -0.39 is 0 Å². The van der Waals surface area contributed by atoms with Gasteiger partial charge < -0.3 is 10.1 Å². The van der Waals surface area contributed by atoms with Crippen molar-refractivity contribution in [2.75, 3.05) is 20.3 Å². The van der Waals surface area contributed by atoms with Crippen LogP contribution in [0.3, 0.4) is 0 Å². The summed E-state index contributed by atoms with van der Waals surface area (Å²) in [5.74, 6) is 0. The minimum Gasteiger partial charge on any atom is -0.383 e. The first-order valence-electron chi connectivity index (χ1n) is 6.98. The second-order valence-electron chi connectivity index (χ2n) is 4.85. The molecule has 1 aromatic carbocycles. The molecule has 2 aromatic rings. The molecule has 0 fully saturated rings. The van der Waals surface area contributed by atoms with Crippen LogP contribution in [0.25, 0.3) is 0 Å². The Morgan fingerprint density at radius 1 is 1.30 bits per heavy atom. The van der Waals surface area contributed by atoms with Crippen molar-refractivity contribution in [1.82, 2.24) is 10.3 Å². The second-order valence-corrected chi connectivity index (χ2v) is 5.75. The van der Waals surface area contributed by atoms with Gasteiger partial charge in [0.15, 0.2) is 0 Å². The molecule has 0 aliphatic rings. The topological polar surface area (TPSA) is 34.1 Å². The van der Waals surface area contributed by atoms with Gasteiger partial charge in [-0.2, -0.15) is 0 Å². The molecule has 0 bridgehead atoms. The number of hydrogen-bond acceptors (Lipinski definition) is 4. The molecular weight excluding hydrogens is 268 g/mol. The highest BCUT2D eigenvalue weighted by Crippen LogP contribution is 2.30. The van der Waals surface area contributed by atoms with E-state index in [2.05, 4.69) is 47.6 Å². The number of benzene rings is 1. The molecule has 0 radical (unpaired) electrons. The monoisotopic (exact) mass is 290 g/mol. The zero-order valence-corrected chi connectivity index (χ0v) is 13.0. The maximum Gasteiger partial charge on any atom is 0.113 e. The molecule has 1 N–H and O–H groups in total. The number of rotatable bonds is 8. The van der Waals surface area contributed by atoms with Crippen LogP contribution in [0.15, 0.2) is 41.9 Å². The van der Waals surface area contributed by atoms with Gasteiger partial charge in [-0.3, -0.25) is 0 Å². The summed E-state index contributed by atoms with van der Waals surface area (Å²) >= 11 is 1.72. The van der Waals surface area contributed by atoms with Crippen molar-refractivity contribution in [3.8, 4) is 0 Å². The van der Waals surface area contributed by atoms with Crippen LogP contribution in [-0.4, -0.2) is 25.2 Å². The van der Waals surface area contributed by atoms with E-state index >= 15 is 0 Å². The van der Waals surface area contributed by atoms with Gasteiger partial charge in [-0.05, 0) is 18.4 Å². The van der Waals surface area contributed by atoms with Crippen molar-refractivity contribution < 1.29 is 4.74 Å². The number of hydrogen-bond donors (Lipinski definition) is 1. The lowest BCUT2D eigenvalue weighted by Gasteiger charge is -2.32. The SMILES string of the molecule is CCC(Cc1ccccc1)(NCCOC)c1nccs1. The fourth-order valence-corrected chi connectivity index (χ4v) is 3.30. The van der Waals surface area contributed by atoms with E-state index in [9.17, 15) is 0 Å². The Labute approximate surface area is 125 Å². The summed E-state index contributed by atoms with van der Waals surface area (Å²) in [6.45, 7) is 3.75. The summed E-state index contributed by atoms with van der Waals surface area (Å²) < 4.78 is 5.17. The quantitative estimate of drug-likeness (QED) is 0.758. The first-order chi connectivity index (χ1) is 9.80. The Morgan fingerprint density at radius 2 is 2.10 bits per heavy atom. The molecule has 0 amide bonds. The van der Waals surface area contributed by atoms with Crippen molar-refractivity contribution in [3.63, 3.8) is 0 Å². The molecule has 2 rings (SSSR count). The van der Waals surface area contributed by atoms with E-state index in [1.54, 1.807) is 18.4 Å². The highest BCUT2D eigenvalue weighted by atomic mass is 32.1. The first kappa shape index (κ1) is 15.2. The van der Waals surface area contributed by atoms with Crippen molar-refractivity contribution in [1.29, 1.82) is 0 Å². The zero-order valence-electron chi connectivity index (χ0n) is 12.1. The standard InChI is InChI=1S/C16H22N2OS/c1-3-16(18-9-11-19-2,15-17-10-12-20-15)13-14-7-5-4-6-8-14/h4-8,10,12,18H,3,9,11,13H2,1-2H3. The maximum atomic E-state index is 5.17. The Hall–Kier alpha value is -1.23. The van der Waals surface area contributed by atoms with Crippen molar-refractivity contribution >= 4 is 11.3 Å². The molecule has 0 aliphatic carbocycles. The zero-order chi connectivity index (χ0) is 14.3. The predicted octanol–water partition coefficient (Wildman–Crippen LogP) is 3.23. The first-order valence-corrected chi connectivity index (χ1v) is 7.86. The van der Waals surface area contributed by atoms with E-state index in [-0.39, 0.29) is 5.54 Å². The molecule has 108 valence electrons. The minimum atomic E-state index is -0.103. The van der Waals surface area contributed by atoms with Gasteiger partial charge in [-0.1, -0.05) is 37.3 Å². The van der Waals surface area contributed by atoms with Gasteiger partial charge in [-0.25, -0.2) is 4.98 Å². The van der Waals surface area contributed by atoms with Gasteiger partial charge in [0.25, 0.3) is 0 Å². The Bertz CT molecular complexity index is 486. The summed E-state index contributed by atoms with van der Waals surface area (Å²) in [5, 5.41) is 6.85. The van der Waals surface area contributed by atoms with Crippen LogP contribution in [0.4, 0.5) is 0 Å². The van der Waals surface area contributed by atoms with E-state index in [4.69, 9.17) is 4.74 Å². The van der Waals surface area contributed by atoms with Crippen LogP contribution in [-0.2, 0) is 16.7 Å². The molecule has 1 unspecified atom stereocenters. The average molecular weight is 290 g/mol. The van der Waals surface area contributed by atoms with Crippen molar-refractivity contribution in [2.24, 2.45) is 0 Å². The highest BCUT2D eigenvalue weighted by Gasteiger charge is 2.32. The fraction of sp³-hybridized carbons (Fsp3) is 0.438. The molecule has 0 spiro atoms. The molecule has 1 heterocycles. The molecule has 0 saturated carbocycles. The van der Waals surface area contributed by atoms with Gasteiger partial charge >= 0.3 is 0 Å².